The second-order valence-corrected chi connectivity index (χ2v) is 7.27. The minimum absolute atomic E-state index is 0.00786. The number of benzene rings is 1. The van der Waals surface area contributed by atoms with Gasteiger partial charge in [-0.3, -0.25) is 14.5 Å². The first-order valence-corrected chi connectivity index (χ1v) is 10.3. The van der Waals surface area contributed by atoms with Crippen LogP contribution < -0.4 is 9.47 Å². The van der Waals surface area contributed by atoms with Gasteiger partial charge >= 0.3 is 0 Å². The average molecular weight is 406 g/mol. The topological polar surface area (TPSA) is 69.5 Å². The van der Waals surface area contributed by atoms with Crippen LogP contribution in [0.5, 0.6) is 11.5 Å². The molecule has 1 aliphatic heterocycles. The number of carbonyl (C=O) groups excluding carboxylic acids is 1. The fourth-order valence-electron chi connectivity index (χ4n) is 3.70. The normalized spacial score (nSPS) is 16.3. The van der Waals surface area contributed by atoms with Gasteiger partial charge in [-0.1, -0.05) is 0 Å². The molecule has 2 aromatic heterocycles. The molecular formula is C23H26N4O3. The Hall–Kier alpha value is -3.35. The summed E-state index contributed by atoms with van der Waals surface area (Å²) in [6, 6.07) is 11.4. The highest BCUT2D eigenvalue weighted by molar-refractivity contribution is 5.95. The first-order chi connectivity index (χ1) is 14.7. The molecule has 4 rings (SSSR count). The number of nitrogens with zero attached hydrogens (tertiary/aromatic N) is 4. The Labute approximate surface area is 176 Å². The molecule has 1 fully saturated rings. The van der Waals surface area contributed by atoms with Crippen LogP contribution in [0.1, 0.15) is 41.7 Å². The van der Waals surface area contributed by atoms with Crippen LogP contribution in [0.3, 0.4) is 0 Å². The second kappa shape index (κ2) is 9.43. The van der Waals surface area contributed by atoms with E-state index in [0.29, 0.717) is 36.8 Å². The summed E-state index contributed by atoms with van der Waals surface area (Å²) in [6.45, 7) is 4.23. The molecular weight excluding hydrogens is 380 g/mol. The molecule has 1 unspecified atom stereocenters. The Balaban J connectivity index is 1.47. The van der Waals surface area contributed by atoms with Crippen molar-refractivity contribution in [3.05, 3.63) is 72.3 Å². The van der Waals surface area contributed by atoms with E-state index in [4.69, 9.17) is 9.47 Å². The van der Waals surface area contributed by atoms with Gasteiger partial charge in [0.2, 0.25) is 0 Å². The van der Waals surface area contributed by atoms with Crippen LogP contribution in [0, 0.1) is 0 Å². The van der Waals surface area contributed by atoms with Crippen LogP contribution in [-0.2, 0) is 6.61 Å². The number of pyridine rings is 1. The van der Waals surface area contributed by atoms with Crippen LogP contribution in [0.25, 0.3) is 0 Å². The maximum absolute atomic E-state index is 13.2. The Kier molecular flexibility index (Phi) is 6.27. The molecule has 1 aliphatic rings. The molecule has 7 nitrogen and oxygen atoms in total. The number of likely N-dealkylation sites (tertiary alicyclic amines) is 1. The number of amides is 1. The summed E-state index contributed by atoms with van der Waals surface area (Å²) in [5.74, 6) is 1.21. The molecule has 30 heavy (non-hydrogen) atoms. The fourth-order valence-corrected chi connectivity index (χ4v) is 3.70. The predicted octanol–water partition coefficient (Wildman–Crippen LogP) is 3.73. The lowest BCUT2D eigenvalue weighted by molar-refractivity contribution is 0.0672. The smallest absolute Gasteiger partial charge is 0.254 e. The molecule has 1 aromatic carbocycles. The third kappa shape index (κ3) is 4.62. The van der Waals surface area contributed by atoms with Crippen molar-refractivity contribution in [3.8, 4) is 11.5 Å². The number of hydrogen-bond acceptors (Lipinski definition) is 5. The van der Waals surface area contributed by atoms with Crippen molar-refractivity contribution in [1.29, 1.82) is 0 Å². The zero-order valence-electron chi connectivity index (χ0n) is 17.1. The minimum Gasteiger partial charge on any atom is -0.490 e. The highest BCUT2D eigenvalue weighted by atomic mass is 16.5. The third-order valence-electron chi connectivity index (χ3n) is 5.22. The van der Waals surface area contributed by atoms with E-state index in [1.807, 2.05) is 53.0 Å². The third-order valence-corrected chi connectivity index (χ3v) is 5.22. The standard InChI is InChI=1S/C23H26N4O3/c1-2-29-22-15-19(6-7-21(22)30-17-18-8-11-24-12-9-18)23(28)26-13-3-5-20(16-26)27-14-4-10-25-27/h4,6-12,14-15,20H,2-3,5,13,16-17H2,1H3. The van der Waals surface area contributed by atoms with Gasteiger partial charge in [0.15, 0.2) is 11.5 Å². The lowest BCUT2D eigenvalue weighted by Crippen LogP contribution is -2.40. The van der Waals surface area contributed by atoms with E-state index in [-0.39, 0.29) is 11.9 Å². The average Bonchev–Trinajstić information content (AvgIpc) is 3.34. The Bertz CT molecular complexity index is 960. The number of ether oxygens (including phenoxy) is 2. The molecule has 0 N–H and O–H groups in total. The zero-order valence-corrected chi connectivity index (χ0v) is 17.1. The molecule has 3 aromatic rings. The largest absolute Gasteiger partial charge is 0.490 e. The zero-order chi connectivity index (χ0) is 20.8. The van der Waals surface area contributed by atoms with Gasteiger partial charge in [0.25, 0.3) is 5.91 Å². The lowest BCUT2D eigenvalue weighted by atomic mass is 10.0. The number of rotatable bonds is 7. The van der Waals surface area contributed by atoms with Crippen LogP contribution in [0.15, 0.2) is 61.2 Å². The maximum atomic E-state index is 13.2. The van der Waals surface area contributed by atoms with Crippen molar-refractivity contribution in [2.24, 2.45) is 0 Å². The predicted molar refractivity (Wildman–Crippen MR) is 113 cm³/mol. The number of piperidine rings is 1. The van der Waals surface area contributed by atoms with E-state index < -0.39 is 0 Å². The van der Waals surface area contributed by atoms with Crippen molar-refractivity contribution in [2.45, 2.75) is 32.4 Å². The molecule has 1 saturated heterocycles. The van der Waals surface area contributed by atoms with Crippen molar-refractivity contribution in [3.63, 3.8) is 0 Å². The SMILES string of the molecule is CCOc1cc(C(=O)N2CCCC(n3cccn3)C2)ccc1OCc1ccncc1. The highest BCUT2D eigenvalue weighted by Crippen LogP contribution is 2.31. The van der Waals surface area contributed by atoms with E-state index in [1.54, 1.807) is 24.7 Å². The van der Waals surface area contributed by atoms with Crippen molar-refractivity contribution in [1.82, 2.24) is 19.7 Å². The summed E-state index contributed by atoms with van der Waals surface area (Å²) in [6.07, 6.45) is 9.19. The molecule has 0 aliphatic carbocycles. The maximum Gasteiger partial charge on any atom is 0.254 e. The summed E-state index contributed by atoms with van der Waals surface area (Å²) >= 11 is 0. The molecule has 0 saturated carbocycles. The molecule has 7 heteroatoms. The Morgan fingerprint density at radius 1 is 1.13 bits per heavy atom. The lowest BCUT2D eigenvalue weighted by Gasteiger charge is -2.33. The minimum atomic E-state index is 0.00786. The Morgan fingerprint density at radius 3 is 2.77 bits per heavy atom. The van der Waals surface area contributed by atoms with Crippen LogP contribution in [0.4, 0.5) is 0 Å². The van der Waals surface area contributed by atoms with Crippen LogP contribution in [-0.4, -0.2) is 45.3 Å². The summed E-state index contributed by atoms with van der Waals surface area (Å²) in [5, 5.41) is 4.34. The van der Waals surface area contributed by atoms with Gasteiger partial charge in [0, 0.05) is 43.4 Å². The second-order valence-electron chi connectivity index (χ2n) is 7.27. The molecule has 1 atom stereocenters. The van der Waals surface area contributed by atoms with Crippen molar-refractivity contribution < 1.29 is 14.3 Å². The van der Waals surface area contributed by atoms with Gasteiger partial charge in [0.1, 0.15) is 6.61 Å². The fraction of sp³-hybridized carbons (Fsp3) is 0.348. The number of carbonyl (C=O) groups is 1. The van der Waals surface area contributed by atoms with Gasteiger partial charge in [-0.05, 0) is 61.7 Å². The Morgan fingerprint density at radius 2 is 2.00 bits per heavy atom. The van der Waals surface area contributed by atoms with E-state index in [9.17, 15) is 4.79 Å². The van der Waals surface area contributed by atoms with Crippen molar-refractivity contribution >= 4 is 5.91 Å². The quantitative estimate of drug-likeness (QED) is 0.598. The first kappa shape index (κ1) is 19.9. The molecule has 1 amide bonds. The van der Waals surface area contributed by atoms with Gasteiger partial charge in [0.05, 0.1) is 12.6 Å². The molecule has 156 valence electrons. The van der Waals surface area contributed by atoms with E-state index in [0.717, 1.165) is 24.9 Å². The van der Waals surface area contributed by atoms with Gasteiger partial charge in [-0.2, -0.15) is 5.10 Å². The van der Waals surface area contributed by atoms with E-state index >= 15 is 0 Å². The van der Waals surface area contributed by atoms with E-state index in [1.165, 1.54) is 0 Å². The summed E-state index contributed by atoms with van der Waals surface area (Å²) in [5.41, 5.74) is 1.63. The summed E-state index contributed by atoms with van der Waals surface area (Å²) in [4.78, 5) is 19.1. The first-order valence-electron chi connectivity index (χ1n) is 10.3. The summed E-state index contributed by atoms with van der Waals surface area (Å²) in [7, 11) is 0. The highest BCUT2D eigenvalue weighted by Gasteiger charge is 2.26. The van der Waals surface area contributed by atoms with Gasteiger partial charge in [-0.25, -0.2) is 0 Å². The van der Waals surface area contributed by atoms with Gasteiger partial charge in [-0.15, -0.1) is 0 Å². The van der Waals surface area contributed by atoms with Crippen LogP contribution >= 0.6 is 0 Å². The molecule has 0 bridgehead atoms. The van der Waals surface area contributed by atoms with Crippen LogP contribution in [0.2, 0.25) is 0 Å². The van der Waals surface area contributed by atoms with E-state index in [2.05, 4.69) is 10.1 Å². The monoisotopic (exact) mass is 406 g/mol. The summed E-state index contributed by atoms with van der Waals surface area (Å²) < 4.78 is 13.6. The van der Waals surface area contributed by atoms with Crippen molar-refractivity contribution in [2.75, 3.05) is 19.7 Å². The number of aromatic nitrogens is 3. The molecule has 0 spiro atoms. The number of hydrogen-bond donors (Lipinski definition) is 0. The molecule has 0 radical (unpaired) electrons. The van der Waals surface area contributed by atoms with Gasteiger partial charge < -0.3 is 14.4 Å². The molecule has 3 heterocycles.